The molecule has 0 amide bonds. The van der Waals surface area contributed by atoms with E-state index in [1.165, 1.54) is 5.56 Å². The van der Waals surface area contributed by atoms with Gasteiger partial charge in [-0.2, -0.15) is 0 Å². The van der Waals surface area contributed by atoms with Crippen LogP contribution in [0.5, 0.6) is 0 Å². The van der Waals surface area contributed by atoms with Crippen molar-refractivity contribution in [1.29, 1.82) is 0 Å². The fraction of sp³-hybridized carbons (Fsp3) is 0.538. The molecule has 3 N–H and O–H groups in total. The van der Waals surface area contributed by atoms with E-state index in [-0.39, 0.29) is 0 Å². The topological polar surface area (TPSA) is 44.3 Å². The molecule has 1 aromatic rings. The standard InChI is InChI=1S/C13H19BrN2O/c1-10-2-3-11(8-12(10)14)16-9-13(17)4-6-15-7-5-13/h2-3,8,15-17H,4-7,9H2,1H3. The Kier molecular flexibility index (Phi) is 4.07. The molecule has 1 aliphatic rings. The zero-order valence-electron chi connectivity index (χ0n) is 10.1. The van der Waals surface area contributed by atoms with Crippen LogP contribution < -0.4 is 10.6 Å². The van der Waals surface area contributed by atoms with Crippen molar-refractivity contribution in [3.63, 3.8) is 0 Å². The van der Waals surface area contributed by atoms with E-state index in [0.717, 1.165) is 36.1 Å². The van der Waals surface area contributed by atoms with Gasteiger partial charge in [0.15, 0.2) is 0 Å². The zero-order chi connectivity index (χ0) is 12.3. The lowest BCUT2D eigenvalue weighted by Crippen LogP contribution is -2.46. The fourth-order valence-electron chi connectivity index (χ4n) is 2.04. The first-order chi connectivity index (χ1) is 8.09. The number of benzene rings is 1. The maximum atomic E-state index is 10.3. The summed E-state index contributed by atoms with van der Waals surface area (Å²) in [5.74, 6) is 0. The maximum Gasteiger partial charge on any atom is 0.0843 e. The number of rotatable bonds is 3. The van der Waals surface area contributed by atoms with E-state index in [4.69, 9.17) is 0 Å². The van der Waals surface area contributed by atoms with Crippen molar-refractivity contribution in [2.45, 2.75) is 25.4 Å². The summed E-state index contributed by atoms with van der Waals surface area (Å²) in [6.07, 6.45) is 1.63. The predicted molar refractivity (Wildman–Crippen MR) is 74.4 cm³/mol. The van der Waals surface area contributed by atoms with Gasteiger partial charge in [0.1, 0.15) is 0 Å². The van der Waals surface area contributed by atoms with Crippen LogP contribution >= 0.6 is 15.9 Å². The average molecular weight is 299 g/mol. The Hall–Kier alpha value is -0.580. The molecule has 17 heavy (non-hydrogen) atoms. The van der Waals surface area contributed by atoms with E-state index in [1.807, 2.05) is 6.07 Å². The minimum atomic E-state index is -0.567. The van der Waals surface area contributed by atoms with E-state index < -0.39 is 5.60 Å². The minimum absolute atomic E-state index is 0.567. The summed E-state index contributed by atoms with van der Waals surface area (Å²) in [5, 5.41) is 16.9. The Bertz CT molecular complexity index is 389. The lowest BCUT2D eigenvalue weighted by Gasteiger charge is -2.33. The van der Waals surface area contributed by atoms with E-state index in [2.05, 4.69) is 45.6 Å². The van der Waals surface area contributed by atoms with Crippen LogP contribution in [-0.2, 0) is 0 Å². The van der Waals surface area contributed by atoms with Crippen LogP contribution in [0.15, 0.2) is 22.7 Å². The number of hydrogen-bond donors (Lipinski definition) is 3. The monoisotopic (exact) mass is 298 g/mol. The molecule has 3 nitrogen and oxygen atoms in total. The number of piperidine rings is 1. The van der Waals surface area contributed by atoms with E-state index in [1.54, 1.807) is 0 Å². The van der Waals surface area contributed by atoms with Gasteiger partial charge < -0.3 is 15.7 Å². The van der Waals surface area contributed by atoms with E-state index in [9.17, 15) is 5.11 Å². The van der Waals surface area contributed by atoms with E-state index in [0.29, 0.717) is 6.54 Å². The summed E-state index contributed by atoms with van der Waals surface area (Å²) >= 11 is 3.51. The average Bonchev–Trinajstić information content (AvgIpc) is 2.32. The first-order valence-corrected chi connectivity index (χ1v) is 6.81. The molecule has 1 heterocycles. The first-order valence-electron chi connectivity index (χ1n) is 6.02. The number of anilines is 1. The third-order valence-corrected chi connectivity index (χ3v) is 4.18. The largest absolute Gasteiger partial charge is 0.388 e. The van der Waals surface area contributed by atoms with Gasteiger partial charge in [0.25, 0.3) is 0 Å². The third kappa shape index (κ3) is 3.44. The number of aliphatic hydroxyl groups is 1. The smallest absolute Gasteiger partial charge is 0.0843 e. The SMILES string of the molecule is Cc1ccc(NCC2(O)CCNCC2)cc1Br. The van der Waals surface area contributed by atoms with Crippen LogP contribution in [0, 0.1) is 6.92 Å². The van der Waals surface area contributed by atoms with Gasteiger partial charge in [-0.3, -0.25) is 0 Å². The lowest BCUT2D eigenvalue weighted by atomic mass is 9.92. The highest BCUT2D eigenvalue weighted by molar-refractivity contribution is 9.10. The van der Waals surface area contributed by atoms with Gasteiger partial charge in [-0.25, -0.2) is 0 Å². The number of nitrogens with one attached hydrogen (secondary N) is 2. The molecule has 1 fully saturated rings. The summed E-state index contributed by atoms with van der Waals surface area (Å²) in [6, 6.07) is 6.17. The van der Waals surface area contributed by atoms with Crippen LogP contribution in [0.1, 0.15) is 18.4 Å². The van der Waals surface area contributed by atoms with Crippen molar-refractivity contribution in [3.8, 4) is 0 Å². The molecule has 0 radical (unpaired) electrons. The Morgan fingerprint density at radius 1 is 1.41 bits per heavy atom. The molecule has 2 rings (SSSR count). The van der Waals surface area contributed by atoms with Crippen molar-refractivity contribution < 1.29 is 5.11 Å². The summed E-state index contributed by atoms with van der Waals surface area (Å²) in [7, 11) is 0. The van der Waals surface area contributed by atoms with Crippen molar-refractivity contribution in [1.82, 2.24) is 5.32 Å². The van der Waals surface area contributed by atoms with Gasteiger partial charge >= 0.3 is 0 Å². The van der Waals surface area contributed by atoms with Crippen LogP contribution in [-0.4, -0.2) is 30.3 Å². The summed E-state index contributed by atoms with van der Waals surface area (Å²) in [4.78, 5) is 0. The maximum absolute atomic E-state index is 10.3. The second-order valence-corrected chi connectivity index (χ2v) is 5.65. The van der Waals surface area contributed by atoms with Crippen LogP contribution in [0.2, 0.25) is 0 Å². The molecule has 0 atom stereocenters. The van der Waals surface area contributed by atoms with Crippen molar-refractivity contribution in [3.05, 3.63) is 28.2 Å². The van der Waals surface area contributed by atoms with E-state index >= 15 is 0 Å². The van der Waals surface area contributed by atoms with Gasteiger partial charge in [0.2, 0.25) is 0 Å². The van der Waals surface area contributed by atoms with Crippen molar-refractivity contribution >= 4 is 21.6 Å². The van der Waals surface area contributed by atoms with Crippen LogP contribution in [0.4, 0.5) is 5.69 Å². The normalized spacial score (nSPS) is 19.0. The highest BCUT2D eigenvalue weighted by Gasteiger charge is 2.28. The summed E-state index contributed by atoms with van der Waals surface area (Å²) in [5.41, 5.74) is 1.70. The molecular formula is C13H19BrN2O. The van der Waals surface area contributed by atoms with Gasteiger partial charge in [0.05, 0.1) is 5.60 Å². The molecule has 0 bridgehead atoms. The molecule has 0 spiro atoms. The molecule has 1 saturated heterocycles. The zero-order valence-corrected chi connectivity index (χ0v) is 11.7. The Morgan fingerprint density at radius 3 is 2.76 bits per heavy atom. The van der Waals surface area contributed by atoms with Crippen molar-refractivity contribution in [2.75, 3.05) is 25.0 Å². The molecule has 0 unspecified atom stereocenters. The second-order valence-electron chi connectivity index (χ2n) is 4.79. The molecule has 4 heteroatoms. The predicted octanol–water partition coefficient (Wildman–Crippen LogP) is 2.28. The van der Waals surface area contributed by atoms with Gasteiger partial charge in [-0.05, 0) is 50.6 Å². The number of hydrogen-bond acceptors (Lipinski definition) is 3. The number of halogens is 1. The van der Waals surface area contributed by atoms with Crippen LogP contribution in [0.3, 0.4) is 0 Å². The molecular weight excluding hydrogens is 280 g/mol. The lowest BCUT2D eigenvalue weighted by molar-refractivity contribution is 0.0232. The third-order valence-electron chi connectivity index (χ3n) is 3.33. The molecule has 1 aliphatic heterocycles. The van der Waals surface area contributed by atoms with Crippen LogP contribution in [0.25, 0.3) is 0 Å². The highest BCUT2D eigenvalue weighted by atomic mass is 79.9. The van der Waals surface area contributed by atoms with Gasteiger partial charge in [-0.1, -0.05) is 22.0 Å². The first kappa shape index (κ1) is 12.9. The van der Waals surface area contributed by atoms with Crippen molar-refractivity contribution in [2.24, 2.45) is 0 Å². The summed E-state index contributed by atoms with van der Waals surface area (Å²) < 4.78 is 1.10. The highest BCUT2D eigenvalue weighted by Crippen LogP contribution is 2.23. The molecule has 0 aromatic heterocycles. The minimum Gasteiger partial charge on any atom is -0.388 e. The quantitative estimate of drug-likeness (QED) is 0.802. The summed E-state index contributed by atoms with van der Waals surface area (Å²) in [6.45, 7) is 4.48. The molecule has 1 aromatic carbocycles. The molecule has 0 aliphatic carbocycles. The molecule has 0 saturated carbocycles. The second kappa shape index (κ2) is 5.38. The molecule has 94 valence electrons. The van der Waals surface area contributed by atoms with Gasteiger partial charge in [-0.15, -0.1) is 0 Å². The Labute approximate surface area is 111 Å². The fourth-order valence-corrected chi connectivity index (χ4v) is 2.42. The number of aryl methyl sites for hydroxylation is 1. The van der Waals surface area contributed by atoms with Gasteiger partial charge in [0, 0.05) is 16.7 Å². The Balaban J connectivity index is 1.94. The Morgan fingerprint density at radius 2 is 2.12 bits per heavy atom.